The number of rotatable bonds is 15. The highest BCUT2D eigenvalue weighted by Crippen LogP contribution is 2.52. The SMILES string of the molecule is CCc1nccn1CC(c1cccc(F)c1)(C1CCN(CC2CN(c3ccc(S(=O)(=O)C4CN(C(=O)/C=C/CN5CCCCC5)C4)cc3)C2)CC1)[C@H]1CCC[C@@H]1NC(=O)O. The molecule has 4 saturated heterocycles. The van der Waals surface area contributed by atoms with E-state index in [1.54, 1.807) is 35.2 Å². The minimum Gasteiger partial charge on any atom is -0.465 e. The van der Waals surface area contributed by atoms with Crippen LogP contribution in [-0.2, 0) is 33.0 Å². The Kier molecular flexibility index (Phi) is 13.0. The van der Waals surface area contributed by atoms with Gasteiger partial charge in [-0.05, 0) is 119 Å². The Balaban J connectivity index is 0.864. The molecule has 5 fully saturated rings. The number of carboxylic acid groups (broad SMARTS) is 1. The number of aryl methyl sites for hydroxylation is 1. The highest BCUT2D eigenvalue weighted by molar-refractivity contribution is 7.92. The highest BCUT2D eigenvalue weighted by atomic mass is 32.2. The highest BCUT2D eigenvalue weighted by Gasteiger charge is 2.52. The molecule has 4 aliphatic heterocycles. The standard InChI is InChI=1S/C46H62FN7O5S/c1-2-43-48-20-26-52(43)33-46(36-9-6-10-37(47)27-36,41-11-7-12-42(41)49-45(56)57)35-18-24-51(25-19-35)28-34-29-53(30-34)38-14-16-39(17-15-38)60(58,59)40-31-54(32-40)44(55)13-8-23-50-21-4-3-5-22-50/h6,8-10,13-17,20,26-27,34-35,40-42,49H,2-5,7,11-12,18-19,21-25,28-33H2,1H3,(H,56,57)/b13-8+/t41-,42-,46?/m0/s1. The lowest BCUT2D eigenvalue weighted by molar-refractivity contribution is -0.129. The first kappa shape index (κ1) is 42.4. The van der Waals surface area contributed by atoms with E-state index in [-0.39, 0.29) is 42.7 Å². The minimum atomic E-state index is -3.54. The fourth-order valence-corrected chi connectivity index (χ4v) is 12.8. The molecule has 0 radical (unpaired) electrons. The third kappa shape index (κ3) is 9.02. The van der Waals surface area contributed by atoms with Crippen molar-refractivity contribution in [3.8, 4) is 0 Å². The van der Waals surface area contributed by atoms with E-state index in [1.807, 2.05) is 30.6 Å². The van der Waals surface area contributed by atoms with Gasteiger partial charge in [0.1, 0.15) is 16.9 Å². The number of nitrogens with one attached hydrogen (secondary N) is 1. The molecule has 324 valence electrons. The average Bonchev–Trinajstić information content (AvgIpc) is 3.87. The summed E-state index contributed by atoms with van der Waals surface area (Å²) in [6, 6.07) is 14.1. The first-order valence-electron chi connectivity index (χ1n) is 22.3. The second-order valence-corrected chi connectivity index (χ2v) is 20.2. The maximum Gasteiger partial charge on any atom is 0.404 e. The molecule has 3 aromatic rings. The quantitative estimate of drug-likeness (QED) is 0.182. The molecular weight excluding hydrogens is 782 g/mol. The molecule has 5 heterocycles. The third-order valence-corrected chi connectivity index (χ3v) is 16.5. The zero-order valence-corrected chi connectivity index (χ0v) is 35.8. The molecule has 1 saturated carbocycles. The number of hydrogen-bond donors (Lipinski definition) is 2. The van der Waals surface area contributed by atoms with Crippen LogP contribution in [0.2, 0.25) is 0 Å². The van der Waals surface area contributed by atoms with Crippen molar-refractivity contribution in [1.29, 1.82) is 0 Å². The Morgan fingerprint density at radius 1 is 0.933 bits per heavy atom. The second-order valence-electron chi connectivity index (χ2n) is 18.0. The number of benzene rings is 2. The largest absolute Gasteiger partial charge is 0.465 e. The van der Waals surface area contributed by atoms with Gasteiger partial charge in [0.15, 0.2) is 9.84 Å². The number of piperidine rings is 2. The summed E-state index contributed by atoms with van der Waals surface area (Å²) in [6.45, 7) is 10.7. The van der Waals surface area contributed by atoms with Crippen molar-refractivity contribution in [2.45, 2.75) is 92.9 Å². The molecule has 0 spiro atoms. The van der Waals surface area contributed by atoms with Crippen molar-refractivity contribution in [3.05, 3.63) is 90.3 Å². The molecule has 1 unspecified atom stereocenters. The van der Waals surface area contributed by atoms with Crippen LogP contribution in [0.3, 0.4) is 0 Å². The number of carbonyl (C=O) groups excluding carboxylic acids is 1. The molecule has 2 aromatic carbocycles. The molecule has 14 heteroatoms. The van der Waals surface area contributed by atoms with Gasteiger partial charge < -0.3 is 29.7 Å². The number of imidazole rings is 1. The lowest BCUT2D eigenvalue weighted by Crippen LogP contribution is -2.56. The summed E-state index contributed by atoms with van der Waals surface area (Å²) in [5, 5.41) is 12.2. The summed E-state index contributed by atoms with van der Waals surface area (Å²) >= 11 is 0. The van der Waals surface area contributed by atoms with Crippen molar-refractivity contribution in [3.63, 3.8) is 0 Å². The predicted molar refractivity (Wildman–Crippen MR) is 230 cm³/mol. The van der Waals surface area contributed by atoms with Gasteiger partial charge in [-0.25, -0.2) is 22.6 Å². The molecule has 2 N–H and O–H groups in total. The molecule has 2 amide bonds. The van der Waals surface area contributed by atoms with Crippen molar-refractivity contribution in [2.24, 2.45) is 17.8 Å². The second kappa shape index (κ2) is 18.4. The van der Waals surface area contributed by atoms with Crippen molar-refractivity contribution >= 4 is 27.5 Å². The Morgan fingerprint density at radius 2 is 1.68 bits per heavy atom. The number of amides is 2. The first-order chi connectivity index (χ1) is 29.0. The molecule has 1 aliphatic carbocycles. The van der Waals surface area contributed by atoms with Crippen molar-refractivity contribution in [1.82, 2.24) is 29.6 Å². The van der Waals surface area contributed by atoms with Gasteiger partial charge in [-0.1, -0.05) is 38.0 Å². The maximum absolute atomic E-state index is 15.1. The van der Waals surface area contributed by atoms with Crippen LogP contribution in [0.5, 0.6) is 0 Å². The van der Waals surface area contributed by atoms with Crippen LogP contribution in [0.25, 0.3) is 0 Å². The molecule has 12 nitrogen and oxygen atoms in total. The summed E-state index contributed by atoms with van der Waals surface area (Å²) in [7, 11) is -3.54. The Labute approximate surface area is 354 Å². The molecular formula is C46H62FN7O5S. The van der Waals surface area contributed by atoms with E-state index < -0.39 is 26.6 Å². The maximum atomic E-state index is 15.1. The van der Waals surface area contributed by atoms with Gasteiger partial charge in [0.2, 0.25) is 5.91 Å². The van der Waals surface area contributed by atoms with Crippen LogP contribution in [0.4, 0.5) is 14.9 Å². The van der Waals surface area contributed by atoms with E-state index >= 15 is 4.39 Å². The van der Waals surface area contributed by atoms with Crippen molar-refractivity contribution < 1.29 is 27.5 Å². The topological polar surface area (TPSA) is 131 Å². The van der Waals surface area contributed by atoms with Crippen LogP contribution >= 0.6 is 0 Å². The van der Waals surface area contributed by atoms with Crippen LogP contribution in [0.15, 0.2) is 78.0 Å². The predicted octanol–water partition coefficient (Wildman–Crippen LogP) is 5.83. The number of halogens is 1. The van der Waals surface area contributed by atoms with Crippen LogP contribution in [0.1, 0.15) is 69.7 Å². The van der Waals surface area contributed by atoms with E-state index in [9.17, 15) is 23.1 Å². The molecule has 3 atom stereocenters. The summed E-state index contributed by atoms with van der Waals surface area (Å²) in [4.78, 5) is 38.5. The molecule has 1 aromatic heterocycles. The van der Waals surface area contributed by atoms with Crippen LogP contribution < -0.4 is 10.2 Å². The summed E-state index contributed by atoms with van der Waals surface area (Å²) < 4.78 is 44.2. The first-order valence-corrected chi connectivity index (χ1v) is 23.8. The van der Waals surface area contributed by atoms with Gasteiger partial charge in [0, 0.05) is 93.8 Å². The molecule has 8 rings (SSSR count). The van der Waals surface area contributed by atoms with Gasteiger partial charge in [0.05, 0.1) is 4.90 Å². The Morgan fingerprint density at radius 3 is 2.38 bits per heavy atom. The zero-order chi connectivity index (χ0) is 41.9. The molecule has 60 heavy (non-hydrogen) atoms. The fourth-order valence-electron chi connectivity index (χ4n) is 11.2. The normalized spacial score (nSPS) is 23.7. The van der Waals surface area contributed by atoms with Crippen molar-refractivity contribution in [2.75, 3.05) is 70.3 Å². The van der Waals surface area contributed by atoms with Gasteiger partial charge in [0.25, 0.3) is 0 Å². The monoisotopic (exact) mass is 843 g/mol. The lowest BCUT2D eigenvalue weighted by Gasteiger charge is -2.51. The fraction of sp³-hybridized carbons (Fsp3) is 0.587. The number of sulfone groups is 1. The van der Waals surface area contributed by atoms with E-state index in [1.165, 1.54) is 25.3 Å². The van der Waals surface area contributed by atoms with Gasteiger partial charge >= 0.3 is 6.09 Å². The van der Waals surface area contributed by atoms with Crippen LogP contribution in [0, 0.1) is 23.6 Å². The smallest absolute Gasteiger partial charge is 0.404 e. The number of hydrogen-bond acceptors (Lipinski definition) is 8. The van der Waals surface area contributed by atoms with Gasteiger partial charge in [-0.3, -0.25) is 9.69 Å². The van der Waals surface area contributed by atoms with Gasteiger partial charge in [-0.15, -0.1) is 0 Å². The number of nitrogens with zero attached hydrogens (tertiary/aromatic N) is 6. The Bertz CT molecular complexity index is 2090. The minimum absolute atomic E-state index is 0.00902. The van der Waals surface area contributed by atoms with E-state index in [0.717, 1.165) is 108 Å². The summed E-state index contributed by atoms with van der Waals surface area (Å²) in [5.41, 5.74) is 1.47. The van der Waals surface area contributed by atoms with E-state index in [0.29, 0.717) is 17.4 Å². The third-order valence-electron chi connectivity index (χ3n) is 14.4. The Hall–Kier alpha value is -4.27. The average molecular weight is 844 g/mol. The van der Waals surface area contributed by atoms with Crippen LogP contribution in [-0.4, -0.2) is 127 Å². The number of carbonyl (C=O) groups is 2. The number of likely N-dealkylation sites (tertiary alicyclic amines) is 3. The number of anilines is 1. The summed E-state index contributed by atoms with van der Waals surface area (Å²) in [6.07, 6.45) is 15.2. The van der Waals surface area contributed by atoms with Gasteiger partial charge in [-0.2, -0.15) is 0 Å². The zero-order valence-electron chi connectivity index (χ0n) is 35.0. The van der Waals surface area contributed by atoms with E-state index in [2.05, 4.69) is 42.6 Å². The number of aromatic nitrogens is 2. The van der Waals surface area contributed by atoms with E-state index in [4.69, 9.17) is 0 Å². The summed E-state index contributed by atoms with van der Waals surface area (Å²) in [5.74, 6) is 1.30. The molecule has 0 bridgehead atoms. The lowest BCUT2D eigenvalue weighted by atomic mass is 9.58. The molecule has 5 aliphatic rings.